The number of ether oxygens (including phenoxy) is 2. The Kier molecular flexibility index (Phi) is 4.59. The van der Waals surface area contributed by atoms with Gasteiger partial charge in [-0.2, -0.15) is 0 Å². The molecule has 6 fully saturated rings. The topological polar surface area (TPSA) is 18.5 Å². The number of halogens is 2. The van der Waals surface area contributed by atoms with Gasteiger partial charge in [-0.1, -0.05) is 27.7 Å². The van der Waals surface area contributed by atoms with Crippen molar-refractivity contribution in [2.75, 3.05) is 6.61 Å². The lowest BCUT2D eigenvalue weighted by atomic mass is 9.44. The first kappa shape index (κ1) is 21.3. The molecule has 0 N–H and O–H groups in total. The minimum absolute atomic E-state index is 0.106. The predicted octanol–water partition coefficient (Wildman–Crippen LogP) is 7.07. The molecule has 11 atom stereocenters. The van der Waals surface area contributed by atoms with Gasteiger partial charge in [0.2, 0.25) is 5.92 Å². The van der Waals surface area contributed by atoms with Crippen LogP contribution in [0, 0.1) is 52.3 Å². The molecule has 4 heteroatoms. The van der Waals surface area contributed by atoms with Gasteiger partial charge in [-0.25, -0.2) is 8.78 Å². The van der Waals surface area contributed by atoms with Crippen molar-refractivity contribution in [1.29, 1.82) is 0 Å². The molecule has 0 amide bonds. The van der Waals surface area contributed by atoms with E-state index < -0.39 is 5.92 Å². The molecule has 4 aliphatic carbocycles. The highest BCUT2D eigenvalue weighted by Gasteiger charge is 2.69. The molecule has 0 aromatic rings. The molecule has 1 spiro atoms. The summed E-state index contributed by atoms with van der Waals surface area (Å²) in [5, 5.41) is 0. The van der Waals surface area contributed by atoms with Gasteiger partial charge in [0, 0.05) is 25.2 Å². The molecule has 2 nitrogen and oxygen atoms in total. The number of fused-ring (bicyclic) bond motifs is 7. The van der Waals surface area contributed by atoms with Crippen LogP contribution in [0.4, 0.5) is 8.78 Å². The van der Waals surface area contributed by atoms with Gasteiger partial charge in [0.15, 0.2) is 5.79 Å². The standard InChI is InChI=1S/C27H42F2O2/c1-16-7-10-27(30-15-16)17(2)23-22(31-27)13-21-19-6-5-18-14-26(28,29)12-11-24(18,3)20(19)8-9-25(21,23)4/h16-23H,5-15H2,1-4H3/t16-,17+,18?,19?,20?,21?,22?,23?,24+,25+,27?/m1/s1. The molecule has 176 valence electrons. The maximum absolute atomic E-state index is 14.2. The van der Waals surface area contributed by atoms with E-state index in [2.05, 4.69) is 27.7 Å². The Balaban J connectivity index is 1.25. The Labute approximate surface area is 187 Å². The summed E-state index contributed by atoms with van der Waals surface area (Å²) >= 11 is 0. The second-order valence-electron chi connectivity index (χ2n) is 13.2. The fourth-order valence-corrected chi connectivity index (χ4v) is 10.2. The van der Waals surface area contributed by atoms with Gasteiger partial charge in [0.25, 0.3) is 0 Å². The van der Waals surface area contributed by atoms with Crippen molar-refractivity contribution in [3.63, 3.8) is 0 Å². The van der Waals surface area contributed by atoms with Gasteiger partial charge >= 0.3 is 0 Å². The molecule has 0 aromatic heterocycles. The molecule has 2 aliphatic heterocycles. The van der Waals surface area contributed by atoms with E-state index in [1.165, 1.54) is 25.7 Å². The summed E-state index contributed by atoms with van der Waals surface area (Å²) in [5.41, 5.74) is 0.447. The van der Waals surface area contributed by atoms with E-state index in [-0.39, 0.29) is 30.0 Å². The van der Waals surface area contributed by atoms with Gasteiger partial charge in [-0.3, -0.25) is 0 Å². The molecule has 6 aliphatic rings. The van der Waals surface area contributed by atoms with Crippen molar-refractivity contribution >= 4 is 0 Å². The Bertz CT molecular complexity index is 731. The van der Waals surface area contributed by atoms with Crippen molar-refractivity contribution in [3.8, 4) is 0 Å². The highest BCUT2D eigenvalue weighted by Crippen LogP contribution is 2.71. The Morgan fingerprint density at radius 3 is 2.39 bits per heavy atom. The van der Waals surface area contributed by atoms with Crippen molar-refractivity contribution in [2.24, 2.45) is 52.3 Å². The van der Waals surface area contributed by atoms with E-state index in [1.807, 2.05) is 0 Å². The summed E-state index contributed by atoms with van der Waals surface area (Å²) < 4.78 is 41.7. The molecule has 0 aromatic carbocycles. The molecule has 6 rings (SSSR count). The number of hydrogen-bond donors (Lipinski definition) is 0. The van der Waals surface area contributed by atoms with Gasteiger partial charge in [0.05, 0.1) is 12.7 Å². The molecule has 7 unspecified atom stereocenters. The first-order valence-corrected chi connectivity index (χ1v) is 13.3. The summed E-state index contributed by atoms with van der Waals surface area (Å²) in [5.74, 6) is 1.17. The quantitative estimate of drug-likeness (QED) is 0.404. The Morgan fingerprint density at radius 2 is 1.65 bits per heavy atom. The van der Waals surface area contributed by atoms with Crippen molar-refractivity contribution in [2.45, 2.75) is 110 Å². The zero-order valence-corrected chi connectivity index (χ0v) is 20.0. The second-order valence-corrected chi connectivity index (χ2v) is 13.2. The predicted molar refractivity (Wildman–Crippen MR) is 117 cm³/mol. The van der Waals surface area contributed by atoms with Gasteiger partial charge in [-0.15, -0.1) is 0 Å². The Hall–Kier alpha value is -0.220. The second kappa shape index (κ2) is 6.68. The van der Waals surface area contributed by atoms with E-state index in [0.29, 0.717) is 47.0 Å². The van der Waals surface area contributed by atoms with E-state index >= 15 is 0 Å². The first-order valence-electron chi connectivity index (χ1n) is 13.3. The minimum atomic E-state index is -2.43. The molecule has 0 radical (unpaired) electrons. The van der Waals surface area contributed by atoms with Crippen LogP contribution in [0.2, 0.25) is 0 Å². The summed E-state index contributed by atoms with van der Waals surface area (Å²) in [4.78, 5) is 0. The van der Waals surface area contributed by atoms with E-state index in [9.17, 15) is 8.78 Å². The van der Waals surface area contributed by atoms with Crippen LogP contribution >= 0.6 is 0 Å². The molecule has 2 saturated heterocycles. The van der Waals surface area contributed by atoms with Gasteiger partial charge in [-0.05, 0) is 91.3 Å². The largest absolute Gasteiger partial charge is 0.349 e. The summed E-state index contributed by atoms with van der Waals surface area (Å²) in [6.45, 7) is 10.5. The van der Waals surface area contributed by atoms with Crippen LogP contribution in [0.25, 0.3) is 0 Å². The summed E-state index contributed by atoms with van der Waals surface area (Å²) in [7, 11) is 0. The van der Waals surface area contributed by atoms with Crippen LogP contribution in [0.15, 0.2) is 0 Å². The smallest absolute Gasteiger partial charge is 0.248 e. The number of rotatable bonds is 0. The minimum Gasteiger partial charge on any atom is -0.349 e. The normalized spacial score (nSPS) is 60.2. The van der Waals surface area contributed by atoms with Crippen LogP contribution in [0.1, 0.15) is 91.9 Å². The van der Waals surface area contributed by atoms with Gasteiger partial charge in [0.1, 0.15) is 0 Å². The molecule has 0 bridgehead atoms. The highest BCUT2D eigenvalue weighted by molar-refractivity contribution is 5.15. The average Bonchev–Trinajstić information content (AvgIpc) is 3.16. The molecule has 2 heterocycles. The maximum atomic E-state index is 14.2. The van der Waals surface area contributed by atoms with Gasteiger partial charge < -0.3 is 9.47 Å². The fourth-order valence-electron chi connectivity index (χ4n) is 10.2. The van der Waals surface area contributed by atoms with Crippen molar-refractivity contribution in [1.82, 2.24) is 0 Å². The highest BCUT2D eigenvalue weighted by atomic mass is 19.3. The fraction of sp³-hybridized carbons (Fsp3) is 1.00. The summed E-state index contributed by atoms with van der Waals surface area (Å²) in [6, 6.07) is 0. The molecule has 4 saturated carbocycles. The SMILES string of the molecule is C[C@@H]1CCC2(OC1)OC1CC3C4CCC5CC(F)(F)CC[C@]5(C)C4CC[C@]3(C)C1[C@@H]2C. The number of alkyl halides is 2. The third kappa shape index (κ3) is 2.85. The molecular formula is C27H42F2O2. The Morgan fingerprint density at radius 1 is 0.839 bits per heavy atom. The maximum Gasteiger partial charge on any atom is 0.248 e. The van der Waals surface area contributed by atoms with E-state index in [4.69, 9.17) is 9.47 Å². The third-order valence-electron chi connectivity index (χ3n) is 11.9. The van der Waals surface area contributed by atoms with Crippen molar-refractivity contribution in [3.05, 3.63) is 0 Å². The van der Waals surface area contributed by atoms with Crippen LogP contribution in [0.3, 0.4) is 0 Å². The lowest BCUT2D eigenvalue weighted by molar-refractivity contribution is -0.273. The first-order chi connectivity index (χ1) is 14.6. The zero-order valence-electron chi connectivity index (χ0n) is 20.0. The third-order valence-corrected chi connectivity index (χ3v) is 11.9. The van der Waals surface area contributed by atoms with E-state index in [1.54, 1.807) is 0 Å². The monoisotopic (exact) mass is 436 g/mol. The van der Waals surface area contributed by atoms with Crippen LogP contribution in [-0.2, 0) is 9.47 Å². The molecule has 31 heavy (non-hydrogen) atoms. The van der Waals surface area contributed by atoms with Crippen LogP contribution in [0.5, 0.6) is 0 Å². The lowest BCUT2D eigenvalue weighted by Crippen LogP contribution is -2.55. The van der Waals surface area contributed by atoms with Crippen LogP contribution in [-0.4, -0.2) is 24.4 Å². The average molecular weight is 437 g/mol. The zero-order chi connectivity index (χ0) is 21.8. The molecular weight excluding hydrogens is 394 g/mol. The van der Waals surface area contributed by atoms with E-state index in [0.717, 1.165) is 32.3 Å². The van der Waals surface area contributed by atoms with Crippen molar-refractivity contribution < 1.29 is 18.3 Å². The summed E-state index contributed by atoms with van der Waals surface area (Å²) in [6.07, 6.45) is 9.38. The number of hydrogen-bond acceptors (Lipinski definition) is 2. The lowest BCUT2D eigenvalue weighted by Gasteiger charge is -2.61. The van der Waals surface area contributed by atoms with Crippen LogP contribution < -0.4 is 0 Å².